The Morgan fingerprint density at radius 1 is 0.963 bits per heavy atom. The molecule has 27 heavy (non-hydrogen) atoms. The van der Waals surface area contributed by atoms with Crippen LogP contribution in [0, 0.1) is 19.7 Å². The summed E-state index contributed by atoms with van der Waals surface area (Å²) in [5, 5.41) is 4.33. The van der Waals surface area contributed by atoms with E-state index in [0.29, 0.717) is 27.9 Å². The van der Waals surface area contributed by atoms with Gasteiger partial charge in [0.1, 0.15) is 18.2 Å². The zero-order chi connectivity index (χ0) is 19.4. The molecule has 5 heteroatoms. The van der Waals surface area contributed by atoms with Crippen LogP contribution in [0.3, 0.4) is 0 Å². The summed E-state index contributed by atoms with van der Waals surface area (Å²) in [7, 11) is 0. The van der Waals surface area contributed by atoms with E-state index in [9.17, 15) is 4.39 Å². The van der Waals surface area contributed by atoms with Crippen molar-refractivity contribution in [2.75, 3.05) is 5.32 Å². The van der Waals surface area contributed by atoms with Gasteiger partial charge in [-0.1, -0.05) is 53.5 Å². The van der Waals surface area contributed by atoms with Crippen molar-refractivity contribution in [1.82, 2.24) is 0 Å². The molecule has 0 heterocycles. The second-order valence-corrected chi connectivity index (χ2v) is 7.27. The zero-order valence-electron chi connectivity index (χ0n) is 15.2. The van der Waals surface area contributed by atoms with E-state index in [1.54, 1.807) is 24.3 Å². The number of halogens is 3. The summed E-state index contributed by atoms with van der Waals surface area (Å²) in [4.78, 5) is 0. The maximum Gasteiger partial charge on any atom is 0.143 e. The molecule has 3 aromatic rings. The van der Waals surface area contributed by atoms with Crippen LogP contribution in [0.2, 0.25) is 10.0 Å². The molecule has 0 radical (unpaired) electrons. The Hall–Kier alpha value is -2.23. The van der Waals surface area contributed by atoms with Gasteiger partial charge in [-0.3, -0.25) is 0 Å². The first kappa shape index (κ1) is 19.5. The molecule has 0 bridgehead atoms. The van der Waals surface area contributed by atoms with E-state index >= 15 is 0 Å². The van der Waals surface area contributed by atoms with E-state index in [1.807, 2.05) is 19.9 Å². The minimum atomic E-state index is -0.308. The Morgan fingerprint density at radius 3 is 2.52 bits per heavy atom. The first-order valence-electron chi connectivity index (χ1n) is 8.59. The molecule has 0 saturated carbocycles. The summed E-state index contributed by atoms with van der Waals surface area (Å²) in [5.41, 5.74) is 4.62. The van der Waals surface area contributed by atoms with Gasteiger partial charge in [0.15, 0.2) is 0 Å². The van der Waals surface area contributed by atoms with E-state index in [4.69, 9.17) is 27.9 Å². The molecule has 0 saturated heterocycles. The molecule has 0 amide bonds. The first-order valence-corrected chi connectivity index (χ1v) is 9.35. The number of nitrogens with one attached hydrogen (secondary N) is 1. The van der Waals surface area contributed by atoms with Crippen LogP contribution >= 0.6 is 23.2 Å². The minimum Gasteiger partial charge on any atom is -0.487 e. The molecule has 140 valence electrons. The molecule has 0 aliphatic heterocycles. The largest absolute Gasteiger partial charge is 0.487 e. The molecule has 2 nitrogen and oxygen atoms in total. The second-order valence-electron chi connectivity index (χ2n) is 6.43. The fraction of sp³-hybridized carbons (Fsp3) is 0.182. The molecular formula is C22H20Cl2FNO. The molecule has 3 aromatic carbocycles. The van der Waals surface area contributed by atoms with Crippen molar-refractivity contribution < 1.29 is 9.13 Å². The van der Waals surface area contributed by atoms with Gasteiger partial charge in [0.05, 0.1) is 5.02 Å². The van der Waals surface area contributed by atoms with Crippen LogP contribution in [0.5, 0.6) is 5.75 Å². The quantitative estimate of drug-likeness (QED) is 0.481. The molecular weight excluding hydrogens is 384 g/mol. The number of rotatable bonds is 6. The summed E-state index contributed by atoms with van der Waals surface area (Å²) < 4.78 is 19.7. The van der Waals surface area contributed by atoms with Crippen molar-refractivity contribution in [3.05, 3.63) is 92.7 Å². The van der Waals surface area contributed by atoms with Crippen LogP contribution in [0.4, 0.5) is 10.1 Å². The van der Waals surface area contributed by atoms with E-state index in [-0.39, 0.29) is 12.4 Å². The molecule has 0 aliphatic rings. The molecule has 0 aliphatic carbocycles. The lowest BCUT2D eigenvalue weighted by Crippen LogP contribution is -2.06. The Labute approximate surface area is 168 Å². The maximum atomic E-state index is 13.9. The average molecular weight is 404 g/mol. The molecule has 0 fully saturated rings. The average Bonchev–Trinajstić information content (AvgIpc) is 2.63. The van der Waals surface area contributed by atoms with Gasteiger partial charge >= 0.3 is 0 Å². The lowest BCUT2D eigenvalue weighted by molar-refractivity contribution is 0.297. The number of benzene rings is 3. The van der Waals surface area contributed by atoms with Gasteiger partial charge in [0.2, 0.25) is 0 Å². The van der Waals surface area contributed by atoms with Crippen molar-refractivity contribution in [1.29, 1.82) is 0 Å². The molecule has 0 aromatic heterocycles. The van der Waals surface area contributed by atoms with E-state index < -0.39 is 0 Å². The first-order chi connectivity index (χ1) is 12.9. The number of hydrogen-bond acceptors (Lipinski definition) is 2. The van der Waals surface area contributed by atoms with E-state index in [1.165, 1.54) is 11.6 Å². The molecule has 0 spiro atoms. The van der Waals surface area contributed by atoms with Gasteiger partial charge in [-0.2, -0.15) is 0 Å². The molecule has 1 N–H and O–H groups in total. The molecule has 0 atom stereocenters. The van der Waals surface area contributed by atoms with Crippen LogP contribution in [0.25, 0.3) is 0 Å². The Morgan fingerprint density at radius 2 is 1.74 bits per heavy atom. The number of aryl methyl sites for hydroxylation is 2. The van der Waals surface area contributed by atoms with Gasteiger partial charge in [-0.05, 0) is 49.2 Å². The second kappa shape index (κ2) is 8.64. The fourth-order valence-corrected chi connectivity index (χ4v) is 3.38. The highest BCUT2D eigenvalue weighted by Gasteiger charge is 2.13. The molecule has 0 unspecified atom stereocenters. The van der Waals surface area contributed by atoms with Crippen molar-refractivity contribution in [2.45, 2.75) is 27.0 Å². The summed E-state index contributed by atoms with van der Waals surface area (Å²) in [6.45, 7) is 4.66. The van der Waals surface area contributed by atoms with Crippen LogP contribution < -0.4 is 10.1 Å². The van der Waals surface area contributed by atoms with Gasteiger partial charge in [-0.25, -0.2) is 4.39 Å². The normalized spacial score (nSPS) is 10.7. The third kappa shape index (κ3) is 4.94. The van der Waals surface area contributed by atoms with Crippen LogP contribution in [-0.2, 0) is 13.2 Å². The van der Waals surface area contributed by atoms with E-state index in [2.05, 4.69) is 23.5 Å². The number of hydrogen-bond donors (Lipinski definition) is 1. The van der Waals surface area contributed by atoms with Crippen LogP contribution in [0.15, 0.2) is 54.6 Å². The number of anilines is 1. The fourth-order valence-electron chi connectivity index (χ4n) is 2.79. The summed E-state index contributed by atoms with van der Waals surface area (Å²) in [6.07, 6.45) is 0. The minimum absolute atomic E-state index is 0.0878. The Balaban J connectivity index is 1.82. The van der Waals surface area contributed by atoms with Crippen molar-refractivity contribution in [3.63, 3.8) is 0 Å². The van der Waals surface area contributed by atoms with Gasteiger partial charge in [0.25, 0.3) is 0 Å². The van der Waals surface area contributed by atoms with Crippen LogP contribution in [-0.4, -0.2) is 0 Å². The van der Waals surface area contributed by atoms with Crippen LogP contribution in [0.1, 0.15) is 22.3 Å². The summed E-state index contributed by atoms with van der Waals surface area (Å²) in [6, 6.07) is 16.2. The monoisotopic (exact) mass is 403 g/mol. The van der Waals surface area contributed by atoms with Crippen molar-refractivity contribution in [2.24, 2.45) is 0 Å². The smallest absolute Gasteiger partial charge is 0.143 e. The standard InChI is InChI=1S/C22H20Cl2FNO/c1-14-7-8-15(2)21(9-14)26-12-17-10-18(23)11-19(24)22(17)27-13-16-5-3-4-6-20(16)25/h3-11,26H,12-13H2,1-2H3. The van der Waals surface area contributed by atoms with Gasteiger partial charge < -0.3 is 10.1 Å². The lowest BCUT2D eigenvalue weighted by atomic mass is 10.1. The Kier molecular flexibility index (Phi) is 6.25. The highest BCUT2D eigenvalue weighted by molar-refractivity contribution is 6.35. The summed E-state index contributed by atoms with van der Waals surface area (Å²) in [5.74, 6) is 0.194. The Bertz CT molecular complexity index is 959. The maximum absolute atomic E-state index is 13.9. The highest BCUT2D eigenvalue weighted by Crippen LogP contribution is 2.34. The van der Waals surface area contributed by atoms with Gasteiger partial charge in [-0.15, -0.1) is 0 Å². The van der Waals surface area contributed by atoms with Gasteiger partial charge in [0, 0.05) is 28.4 Å². The van der Waals surface area contributed by atoms with E-state index in [0.717, 1.165) is 16.8 Å². The summed E-state index contributed by atoms with van der Waals surface area (Å²) >= 11 is 12.5. The predicted molar refractivity (Wildman–Crippen MR) is 110 cm³/mol. The third-order valence-electron chi connectivity index (χ3n) is 4.28. The topological polar surface area (TPSA) is 21.3 Å². The highest BCUT2D eigenvalue weighted by atomic mass is 35.5. The predicted octanol–water partition coefficient (Wildman–Crippen LogP) is 6.94. The molecule has 3 rings (SSSR count). The number of ether oxygens (including phenoxy) is 1. The van der Waals surface area contributed by atoms with Crippen molar-refractivity contribution >= 4 is 28.9 Å². The zero-order valence-corrected chi connectivity index (χ0v) is 16.7. The van der Waals surface area contributed by atoms with Crippen molar-refractivity contribution in [3.8, 4) is 5.75 Å². The third-order valence-corrected chi connectivity index (χ3v) is 4.78. The SMILES string of the molecule is Cc1ccc(C)c(NCc2cc(Cl)cc(Cl)c2OCc2ccccc2F)c1. The lowest BCUT2D eigenvalue weighted by Gasteiger charge is -2.16.